The molecule has 1 aromatic rings. The number of rotatable bonds is 12. The Labute approximate surface area is 130 Å². The molecule has 2 nitrogen and oxygen atoms in total. The van der Waals surface area contributed by atoms with Crippen LogP contribution in [0.4, 0.5) is 0 Å². The van der Waals surface area contributed by atoms with Crippen LogP contribution < -0.4 is 0 Å². The molecule has 0 fully saturated rings. The van der Waals surface area contributed by atoms with Crippen LogP contribution in [-0.4, -0.2) is 14.2 Å². The molecule has 0 heterocycles. The first-order valence-electron chi connectivity index (χ1n) is 8.35. The maximum atomic E-state index is 12.0. The van der Waals surface area contributed by atoms with Crippen LogP contribution >= 0.6 is 0 Å². The SMILES string of the molecule is CCCCCCCCCCCCS(=O)(=O)c1c[c]ccc1. The van der Waals surface area contributed by atoms with Gasteiger partial charge in [-0.2, -0.15) is 0 Å². The second-order valence-corrected chi connectivity index (χ2v) is 7.85. The summed E-state index contributed by atoms with van der Waals surface area (Å²) in [7, 11) is -3.10. The number of unbranched alkanes of at least 4 members (excludes halogenated alkanes) is 9. The van der Waals surface area contributed by atoms with Crippen LogP contribution in [0.15, 0.2) is 29.2 Å². The molecular weight excluding hydrogens is 280 g/mol. The lowest BCUT2D eigenvalue weighted by atomic mass is 10.1. The van der Waals surface area contributed by atoms with Crippen molar-refractivity contribution in [2.24, 2.45) is 0 Å². The maximum Gasteiger partial charge on any atom is 0.178 e. The van der Waals surface area contributed by atoms with Gasteiger partial charge in [-0.3, -0.25) is 0 Å². The average molecular weight is 309 g/mol. The molecule has 0 aliphatic heterocycles. The Morgan fingerprint density at radius 3 is 2.00 bits per heavy atom. The van der Waals surface area contributed by atoms with E-state index >= 15 is 0 Å². The fourth-order valence-electron chi connectivity index (χ4n) is 2.47. The Bertz CT molecular complexity index is 451. The Hall–Kier alpha value is -0.830. The monoisotopic (exact) mass is 309 g/mol. The Morgan fingerprint density at radius 2 is 1.48 bits per heavy atom. The maximum absolute atomic E-state index is 12.0. The summed E-state index contributed by atoms with van der Waals surface area (Å²) in [5.74, 6) is 0.265. The van der Waals surface area contributed by atoms with E-state index in [-0.39, 0.29) is 5.75 Å². The minimum atomic E-state index is -3.10. The first kappa shape index (κ1) is 18.2. The number of hydrogen-bond acceptors (Lipinski definition) is 2. The molecule has 0 spiro atoms. The summed E-state index contributed by atoms with van der Waals surface area (Å²) < 4.78 is 24.1. The van der Waals surface area contributed by atoms with Crippen molar-refractivity contribution in [3.8, 4) is 0 Å². The van der Waals surface area contributed by atoms with Crippen LogP contribution in [0.1, 0.15) is 71.1 Å². The summed E-state index contributed by atoms with van der Waals surface area (Å²) >= 11 is 0. The zero-order valence-electron chi connectivity index (χ0n) is 13.3. The molecule has 0 aromatic heterocycles. The normalized spacial score (nSPS) is 11.7. The van der Waals surface area contributed by atoms with Crippen molar-refractivity contribution in [2.75, 3.05) is 5.75 Å². The molecule has 0 N–H and O–H groups in total. The van der Waals surface area contributed by atoms with Crippen LogP contribution in [0.2, 0.25) is 0 Å². The first-order valence-corrected chi connectivity index (χ1v) is 10.0. The van der Waals surface area contributed by atoms with Crippen LogP contribution in [0.25, 0.3) is 0 Å². The van der Waals surface area contributed by atoms with Gasteiger partial charge in [-0.05, 0) is 24.6 Å². The number of sulfone groups is 1. The zero-order chi connectivity index (χ0) is 15.4. The summed E-state index contributed by atoms with van der Waals surface area (Å²) in [6.45, 7) is 2.24. The highest BCUT2D eigenvalue weighted by Gasteiger charge is 2.12. The third-order valence-electron chi connectivity index (χ3n) is 3.80. The van der Waals surface area contributed by atoms with E-state index in [2.05, 4.69) is 13.0 Å². The summed E-state index contributed by atoms with van der Waals surface area (Å²) in [5, 5.41) is 0. The van der Waals surface area contributed by atoms with Gasteiger partial charge in [0.15, 0.2) is 9.84 Å². The molecule has 21 heavy (non-hydrogen) atoms. The molecule has 0 atom stereocenters. The van der Waals surface area contributed by atoms with Gasteiger partial charge in [-0.1, -0.05) is 76.8 Å². The molecule has 0 bridgehead atoms. The molecule has 0 aliphatic carbocycles. The minimum Gasteiger partial charge on any atom is -0.224 e. The average Bonchev–Trinajstić information content (AvgIpc) is 2.50. The van der Waals surface area contributed by atoms with Crippen molar-refractivity contribution in [2.45, 2.75) is 76.0 Å². The molecule has 0 aliphatic rings. The Kier molecular flexibility index (Phi) is 9.40. The first-order chi connectivity index (χ1) is 10.2. The van der Waals surface area contributed by atoms with Crippen LogP contribution in [-0.2, 0) is 9.84 Å². The van der Waals surface area contributed by atoms with Gasteiger partial charge in [0.1, 0.15) is 0 Å². The lowest BCUT2D eigenvalue weighted by molar-refractivity contribution is 0.558. The van der Waals surface area contributed by atoms with Gasteiger partial charge in [0, 0.05) is 0 Å². The van der Waals surface area contributed by atoms with Gasteiger partial charge in [-0.25, -0.2) is 8.42 Å². The largest absolute Gasteiger partial charge is 0.224 e. The molecule has 1 rings (SSSR count). The van der Waals surface area contributed by atoms with Gasteiger partial charge in [0.05, 0.1) is 10.6 Å². The summed E-state index contributed by atoms with van der Waals surface area (Å²) in [6, 6.07) is 9.49. The van der Waals surface area contributed by atoms with Gasteiger partial charge < -0.3 is 0 Å². The van der Waals surface area contributed by atoms with Crippen LogP contribution in [0, 0.1) is 6.07 Å². The van der Waals surface area contributed by atoms with Gasteiger partial charge in [-0.15, -0.1) is 0 Å². The zero-order valence-corrected chi connectivity index (χ0v) is 14.1. The van der Waals surface area contributed by atoms with Crippen molar-refractivity contribution in [1.29, 1.82) is 0 Å². The van der Waals surface area contributed by atoms with E-state index in [1.807, 2.05) is 0 Å². The minimum absolute atomic E-state index is 0.265. The lowest BCUT2D eigenvalue weighted by Gasteiger charge is -2.04. The Morgan fingerprint density at radius 1 is 0.905 bits per heavy atom. The van der Waals surface area contributed by atoms with E-state index in [1.165, 1.54) is 44.9 Å². The molecule has 119 valence electrons. The molecule has 1 aromatic carbocycles. The number of hydrogen-bond donors (Lipinski definition) is 0. The highest BCUT2D eigenvalue weighted by molar-refractivity contribution is 7.91. The molecule has 0 saturated heterocycles. The van der Waals surface area contributed by atoms with Crippen molar-refractivity contribution in [1.82, 2.24) is 0 Å². The molecule has 1 radical (unpaired) electrons. The predicted octanol–water partition coefficient (Wildman–Crippen LogP) is 5.18. The summed E-state index contributed by atoms with van der Waals surface area (Å²) in [4.78, 5) is 0.404. The topological polar surface area (TPSA) is 34.1 Å². The lowest BCUT2D eigenvalue weighted by Crippen LogP contribution is -2.06. The van der Waals surface area contributed by atoms with Crippen LogP contribution in [0.3, 0.4) is 0 Å². The highest BCUT2D eigenvalue weighted by atomic mass is 32.2. The smallest absolute Gasteiger partial charge is 0.178 e. The fraction of sp³-hybridized carbons (Fsp3) is 0.667. The van der Waals surface area contributed by atoms with E-state index in [4.69, 9.17) is 0 Å². The van der Waals surface area contributed by atoms with Crippen molar-refractivity contribution < 1.29 is 8.42 Å². The summed E-state index contributed by atoms with van der Waals surface area (Å²) in [6.07, 6.45) is 12.2. The number of benzene rings is 1. The Balaban J connectivity index is 2.04. The van der Waals surface area contributed by atoms with E-state index in [1.54, 1.807) is 24.3 Å². The van der Waals surface area contributed by atoms with Gasteiger partial charge in [0.25, 0.3) is 0 Å². The fourth-order valence-corrected chi connectivity index (χ4v) is 3.82. The van der Waals surface area contributed by atoms with Crippen molar-refractivity contribution in [3.63, 3.8) is 0 Å². The van der Waals surface area contributed by atoms with E-state index in [9.17, 15) is 8.42 Å². The second kappa shape index (κ2) is 10.8. The standard InChI is InChI=1S/C18H29O2S/c1-2-3-4-5-6-7-8-9-10-14-17-21(19,20)18-15-12-11-13-16-18/h11-12,15-16H,2-10,14,17H2,1H3. The van der Waals surface area contributed by atoms with Crippen molar-refractivity contribution >= 4 is 9.84 Å². The van der Waals surface area contributed by atoms with Gasteiger partial charge >= 0.3 is 0 Å². The summed E-state index contributed by atoms with van der Waals surface area (Å²) in [5.41, 5.74) is 0. The van der Waals surface area contributed by atoms with Crippen LogP contribution in [0.5, 0.6) is 0 Å². The molecule has 3 heteroatoms. The highest BCUT2D eigenvalue weighted by Crippen LogP contribution is 2.14. The van der Waals surface area contributed by atoms with Crippen molar-refractivity contribution in [3.05, 3.63) is 30.3 Å². The third kappa shape index (κ3) is 8.25. The molecular formula is C18H29O2S. The predicted molar refractivity (Wildman–Crippen MR) is 89.2 cm³/mol. The molecule has 0 saturated carbocycles. The van der Waals surface area contributed by atoms with E-state index in [0.717, 1.165) is 19.3 Å². The van der Waals surface area contributed by atoms with E-state index < -0.39 is 9.84 Å². The second-order valence-electron chi connectivity index (χ2n) is 5.74. The van der Waals surface area contributed by atoms with E-state index in [0.29, 0.717) is 4.90 Å². The quantitative estimate of drug-likeness (QED) is 0.498. The molecule has 0 amide bonds. The molecule has 0 unspecified atom stereocenters. The third-order valence-corrected chi connectivity index (χ3v) is 5.60. The van der Waals surface area contributed by atoms with Gasteiger partial charge in [0.2, 0.25) is 0 Å².